The van der Waals surface area contributed by atoms with E-state index >= 15 is 0 Å². The van der Waals surface area contributed by atoms with Gasteiger partial charge in [-0.1, -0.05) is 5.92 Å². The van der Waals surface area contributed by atoms with Gasteiger partial charge in [-0.3, -0.25) is 10.3 Å². The first-order valence-corrected chi connectivity index (χ1v) is 6.02. The average molecular weight is 258 g/mol. The van der Waals surface area contributed by atoms with Gasteiger partial charge in [-0.2, -0.15) is 0 Å². The summed E-state index contributed by atoms with van der Waals surface area (Å²) in [6.45, 7) is 0.187. The van der Waals surface area contributed by atoms with E-state index in [2.05, 4.69) is 26.5 Å². The fraction of sp³-hybridized carbons (Fsp3) is 0.0833. The minimum absolute atomic E-state index is 0.187. The maximum absolute atomic E-state index is 11.4. The SMILES string of the molecule is C#CCNC(=O)Nc1nc(-c2cccnc2)cs1. The number of anilines is 1. The fourth-order valence-corrected chi connectivity index (χ4v) is 1.97. The van der Waals surface area contributed by atoms with Crippen molar-refractivity contribution < 1.29 is 4.79 Å². The van der Waals surface area contributed by atoms with Gasteiger partial charge in [0.1, 0.15) is 0 Å². The van der Waals surface area contributed by atoms with Gasteiger partial charge < -0.3 is 5.32 Å². The Bertz CT molecular complexity index is 573. The predicted octanol–water partition coefficient (Wildman–Crippen LogP) is 1.96. The largest absolute Gasteiger partial charge is 0.327 e. The molecule has 6 heteroatoms. The predicted molar refractivity (Wildman–Crippen MR) is 71.2 cm³/mol. The number of thiazole rings is 1. The van der Waals surface area contributed by atoms with Crippen LogP contribution in [-0.4, -0.2) is 22.5 Å². The molecular weight excluding hydrogens is 248 g/mol. The highest BCUT2D eigenvalue weighted by molar-refractivity contribution is 7.14. The van der Waals surface area contributed by atoms with Crippen molar-refractivity contribution in [3.63, 3.8) is 0 Å². The lowest BCUT2D eigenvalue weighted by Crippen LogP contribution is -2.28. The Balaban J connectivity index is 2.03. The first-order chi connectivity index (χ1) is 8.79. The summed E-state index contributed by atoms with van der Waals surface area (Å²) in [6, 6.07) is 3.38. The molecule has 0 aliphatic heterocycles. The highest BCUT2D eigenvalue weighted by Crippen LogP contribution is 2.23. The van der Waals surface area contributed by atoms with Crippen LogP contribution in [0, 0.1) is 12.3 Å². The van der Waals surface area contributed by atoms with Crippen LogP contribution in [0.5, 0.6) is 0 Å². The topological polar surface area (TPSA) is 66.9 Å². The molecule has 2 N–H and O–H groups in total. The zero-order valence-corrected chi connectivity index (χ0v) is 10.2. The molecule has 0 aliphatic carbocycles. The molecule has 0 bridgehead atoms. The van der Waals surface area contributed by atoms with E-state index in [1.54, 1.807) is 12.4 Å². The Hall–Kier alpha value is -2.39. The van der Waals surface area contributed by atoms with Crippen molar-refractivity contribution in [3.8, 4) is 23.6 Å². The van der Waals surface area contributed by atoms with Gasteiger partial charge in [0.05, 0.1) is 12.2 Å². The van der Waals surface area contributed by atoms with E-state index in [4.69, 9.17) is 6.42 Å². The number of nitrogens with one attached hydrogen (secondary N) is 2. The smallest absolute Gasteiger partial charge is 0.321 e. The van der Waals surface area contributed by atoms with Crippen LogP contribution in [0.2, 0.25) is 0 Å². The number of nitrogens with zero attached hydrogens (tertiary/aromatic N) is 2. The van der Waals surface area contributed by atoms with Crippen LogP contribution in [0.25, 0.3) is 11.3 Å². The molecule has 18 heavy (non-hydrogen) atoms. The molecule has 0 spiro atoms. The molecule has 2 amide bonds. The van der Waals surface area contributed by atoms with Gasteiger partial charge >= 0.3 is 6.03 Å². The molecule has 2 aromatic heterocycles. The Morgan fingerprint density at radius 1 is 1.56 bits per heavy atom. The molecule has 0 atom stereocenters. The number of aromatic nitrogens is 2. The van der Waals surface area contributed by atoms with Gasteiger partial charge in [-0.25, -0.2) is 9.78 Å². The molecule has 5 nitrogen and oxygen atoms in total. The van der Waals surface area contributed by atoms with Crippen molar-refractivity contribution in [2.45, 2.75) is 0 Å². The second kappa shape index (κ2) is 5.80. The Morgan fingerprint density at radius 2 is 2.44 bits per heavy atom. The normalized spacial score (nSPS) is 9.50. The number of amides is 2. The number of rotatable bonds is 3. The molecule has 0 aliphatic rings. The second-order valence-corrected chi connectivity index (χ2v) is 4.15. The van der Waals surface area contributed by atoms with E-state index < -0.39 is 0 Å². The molecular formula is C12H10N4OS. The number of urea groups is 1. The van der Waals surface area contributed by atoms with Gasteiger partial charge in [0, 0.05) is 23.3 Å². The van der Waals surface area contributed by atoms with Crippen LogP contribution in [-0.2, 0) is 0 Å². The van der Waals surface area contributed by atoms with Gasteiger partial charge in [0.15, 0.2) is 5.13 Å². The van der Waals surface area contributed by atoms with Gasteiger partial charge in [-0.15, -0.1) is 17.8 Å². The van der Waals surface area contributed by atoms with Crippen LogP contribution in [0.4, 0.5) is 9.93 Å². The number of carbonyl (C=O) groups excluding carboxylic acids is 1. The zero-order chi connectivity index (χ0) is 12.8. The standard InChI is InChI=1S/C12H10N4OS/c1-2-5-14-11(17)16-12-15-10(8-18-12)9-4-3-6-13-7-9/h1,3-4,6-8H,5H2,(H2,14,15,16,17). The summed E-state index contributed by atoms with van der Waals surface area (Å²) in [5.74, 6) is 2.32. The Morgan fingerprint density at radius 3 is 3.17 bits per heavy atom. The lowest BCUT2D eigenvalue weighted by Gasteiger charge is -2.00. The lowest BCUT2D eigenvalue weighted by molar-refractivity contribution is 0.253. The molecule has 90 valence electrons. The maximum Gasteiger partial charge on any atom is 0.321 e. The molecule has 2 rings (SSSR count). The van der Waals surface area contributed by atoms with Crippen LogP contribution in [0.15, 0.2) is 29.9 Å². The van der Waals surface area contributed by atoms with E-state index in [-0.39, 0.29) is 12.6 Å². The number of hydrogen-bond acceptors (Lipinski definition) is 4. The minimum atomic E-state index is -0.361. The van der Waals surface area contributed by atoms with E-state index in [0.717, 1.165) is 11.3 Å². The molecule has 0 saturated heterocycles. The maximum atomic E-state index is 11.4. The lowest BCUT2D eigenvalue weighted by atomic mass is 10.2. The third-order valence-electron chi connectivity index (χ3n) is 2.03. The Kier molecular flexibility index (Phi) is 3.89. The summed E-state index contributed by atoms with van der Waals surface area (Å²) < 4.78 is 0. The first-order valence-electron chi connectivity index (χ1n) is 5.14. The quantitative estimate of drug-likeness (QED) is 0.827. The molecule has 0 fully saturated rings. The van der Waals surface area contributed by atoms with Crippen LogP contribution in [0.1, 0.15) is 0 Å². The van der Waals surface area contributed by atoms with E-state index in [9.17, 15) is 4.79 Å². The first kappa shape index (κ1) is 12.1. The number of hydrogen-bond donors (Lipinski definition) is 2. The number of pyridine rings is 1. The fourth-order valence-electron chi connectivity index (χ4n) is 1.25. The van der Waals surface area contributed by atoms with E-state index in [0.29, 0.717) is 5.13 Å². The summed E-state index contributed by atoms with van der Waals surface area (Å²) in [7, 11) is 0. The zero-order valence-electron chi connectivity index (χ0n) is 9.38. The third-order valence-corrected chi connectivity index (χ3v) is 2.79. The molecule has 0 radical (unpaired) electrons. The highest BCUT2D eigenvalue weighted by atomic mass is 32.1. The summed E-state index contributed by atoms with van der Waals surface area (Å²) in [4.78, 5) is 19.7. The average Bonchev–Trinajstić information content (AvgIpc) is 2.86. The summed E-state index contributed by atoms with van der Waals surface area (Å²) in [5, 5.41) is 7.48. The van der Waals surface area contributed by atoms with Gasteiger partial charge in [0.25, 0.3) is 0 Å². The number of terminal acetylenes is 1. The van der Waals surface area contributed by atoms with Crippen molar-refractivity contribution in [2.24, 2.45) is 0 Å². The van der Waals surface area contributed by atoms with Crippen molar-refractivity contribution >= 4 is 22.5 Å². The van der Waals surface area contributed by atoms with Crippen LogP contribution in [0.3, 0.4) is 0 Å². The van der Waals surface area contributed by atoms with Crippen molar-refractivity contribution in [2.75, 3.05) is 11.9 Å². The minimum Gasteiger partial charge on any atom is -0.327 e. The molecule has 0 saturated carbocycles. The highest BCUT2D eigenvalue weighted by Gasteiger charge is 2.06. The van der Waals surface area contributed by atoms with E-state index in [1.807, 2.05) is 17.5 Å². The molecule has 2 aromatic rings. The summed E-state index contributed by atoms with van der Waals surface area (Å²) >= 11 is 1.34. The molecule has 2 heterocycles. The summed E-state index contributed by atoms with van der Waals surface area (Å²) in [5.41, 5.74) is 1.69. The van der Waals surface area contributed by atoms with Crippen LogP contribution < -0.4 is 10.6 Å². The van der Waals surface area contributed by atoms with Crippen molar-refractivity contribution in [1.29, 1.82) is 0 Å². The Labute approximate surface area is 108 Å². The molecule has 0 unspecified atom stereocenters. The third kappa shape index (κ3) is 3.06. The van der Waals surface area contributed by atoms with Gasteiger partial charge in [-0.05, 0) is 12.1 Å². The summed E-state index contributed by atoms with van der Waals surface area (Å²) in [6.07, 6.45) is 8.45. The van der Waals surface area contributed by atoms with Crippen LogP contribution >= 0.6 is 11.3 Å². The molecule has 0 aromatic carbocycles. The van der Waals surface area contributed by atoms with E-state index in [1.165, 1.54) is 11.3 Å². The van der Waals surface area contributed by atoms with Crippen molar-refractivity contribution in [3.05, 3.63) is 29.9 Å². The monoisotopic (exact) mass is 258 g/mol. The van der Waals surface area contributed by atoms with Gasteiger partial charge in [0.2, 0.25) is 0 Å². The second-order valence-electron chi connectivity index (χ2n) is 3.29. The number of carbonyl (C=O) groups is 1. The van der Waals surface area contributed by atoms with Crippen molar-refractivity contribution in [1.82, 2.24) is 15.3 Å².